The molecule has 0 amide bonds. The van der Waals surface area contributed by atoms with Crippen molar-refractivity contribution in [3.63, 3.8) is 0 Å². The van der Waals surface area contributed by atoms with Gasteiger partial charge in [-0.3, -0.25) is 0 Å². The third kappa shape index (κ3) is 0.830. The summed E-state index contributed by atoms with van der Waals surface area (Å²) in [6.07, 6.45) is -0.824. The van der Waals surface area contributed by atoms with Gasteiger partial charge in [0.2, 0.25) is 0 Å². The Bertz CT molecular complexity index is 78.1. The monoisotopic (exact) mass is 118 g/mol. The summed E-state index contributed by atoms with van der Waals surface area (Å²) in [6.45, 7) is 1.19. The van der Waals surface area contributed by atoms with Gasteiger partial charge in [-0.25, -0.2) is 4.90 Å². The molecule has 4 nitrogen and oxygen atoms in total. The zero-order chi connectivity index (χ0) is 6.15. The summed E-state index contributed by atoms with van der Waals surface area (Å²) < 4.78 is 0. The lowest BCUT2D eigenvalue weighted by atomic mass is 10.7. The Balaban J connectivity index is 2.44. The van der Waals surface area contributed by atoms with E-state index >= 15 is 0 Å². The number of nitrogens with zero attached hydrogens (tertiary/aromatic N) is 1. The number of hydroxylamine groups is 2. The van der Waals surface area contributed by atoms with Crippen LogP contribution in [0.4, 0.5) is 0 Å². The molecule has 1 aliphatic heterocycles. The molecule has 1 rings (SSSR count). The Morgan fingerprint density at radius 3 is 2.62 bits per heavy atom. The van der Waals surface area contributed by atoms with Crippen molar-refractivity contribution < 1.29 is 10.2 Å². The second-order valence-electron chi connectivity index (χ2n) is 2.07. The molecule has 2 atom stereocenters. The zero-order valence-electron chi connectivity index (χ0n) is 4.79. The Hall–Kier alpha value is -0.160. The molecule has 0 aromatic carbocycles. The second-order valence-corrected chi connectivity index (χ2v) is 2.07. The molecule has 4 heteroatoms. The molecule has 1 fully saturated rings. The van der Waals surface area contributed by atoms with Gasteiger partial charge >= 0.3 is 0 Å². The van der Waals surface area contributed by atoms with Gasteiger partial charge in [-0.15, -0.1) is 0 Å². The maximum atomic E-state index is 10.5. The number of likely N-dealkylation sites (N-methyl/N-ethyl adjacent to an activating group) is 1. The highest BCUT2D eigenvalue weighted by Crippen LogP contribution is 1.86. The van der Waals surface area contributed by atoms with Gasteiger partial charge in [0.05, 0.1) is 13.1 Å². The smallest absolute Gasteiger partial charge is 0.251 e. The van der Waals surface area contributed by atoms with Crippen LogP contribution < -0.4 is 5.06 Å². The van der Waals surface area contributed by atoms with E-state index in [4.69, 9.17) is 5.11 Å². The Labute approximate surface area is 47.9 Å². The molecule has 2 unspecified atom stereocenters. The minimum absolute atomic E-state index is 0.0625. The Kier molecular flexibility index (Phi) is 1.48. The maximum Gasteiger partial charge on any atom is 0.251 e. The van der Waals surface area contributed by atoms with Gasteiger partial charge in [0.15, 0.2) is 0 Å². The molecule has 0 aromatic heterocycles. The lowest BCUT2D eigenvalue weighted by molar-refractivity contribution is -0.893. The molecule has 0 saturated carbocycles. The molecule has 0 aromatic rings. The predicted octanol–water partition coefficient (Wildman–Crippen LogP) is -2.41. The quantitative estimate of drug-likeness (QED) is 0.348. The van der Waals surface area contributed by atoms with Crippen molar-refractivity contribution in [2.24, 2.45) is 0 Å². The fourth-order valence-corrected chi connectivity index (χ4v) is 0.784. The van der Waals surface area contributed by atoms with Crippen LogP contribution in [0.5, 0.6) is 0 Å². The molecule has 8 heavy (non-hydrogen) atoms. The van der Waals surface area contributed by atoms with Crippen molar-refractivity contribution in [2.75, 3.05) is 20.1 Å². The molecular weight excluding hydrogens is 108 g/mol. The van der Waals surface area contributed by atoms with Gasteiger partial charge in [0.25, 0.3) is 6.35 Å². The van der Waals surface area contributed by atoms with Crippen molar-refractivity contribution >= 4 is 0 Å². The van der Waals surface area contributed by atoms with Crippen LogP contribution in [-0.2, 0) is 0 Å². The number of quaternary nitrogens is 1. The molecule has 48 valence electrons. The molecule has 1 heterocycles. The number of hydrogen-bond donors (Lipinski definition) is 2. The average molecular weight is 118 g/mol. The number of aliphatic hydroxyl groups is 1. The first-order valence-corrected chi connectivity index (χ1v) is 2.63. The third-order valence-electron chi connectivity index (χ3n) is 1.42. The van der Waals surface area contributed by atoms with Crippen molar-refractivity contribution in [1.29, 1.82) is 0 Å². The molecule has 0 radical (unpaired) electrons. The maximum absolute atomic E-state index is 10.5. The predicted molar refractivity (Wildman–Crippen MR) is 27.8 cm³/mol. The van der Waals surface area contributed by atoms with E-state index in [-0.39, 0.29) is 5.06 Å². The van der Waals surface area contributed by atoms with Gasteiger partial charge in [-0.05, 0) is 7.05 Å². The normalized spacial score (nSPS) is 40.9. The average Bonchev–Trinajstić information content (AvgIpc) is 1.98. The van der Waals surface area contributed by atoms with Gasteiger partial charge in [0, 0.05) is 0 Å². The molecular formula is C4H10N2O2. The summed E-state index contributed by atoms with van der Waals surface area (Å²) >= 11 is 0. The zero-order valence-corrected chi connectivity index (χ0v) is 4.79. The van der Waals surface area contributed by atoms with Gasteiger partial charge in [-0.2, -0.15) is 0 Å². The minimum Gasteiger partial charge on any atom is -0.631 e. The van der Waals surface area contributed by atoms with Crippen molar-refractivity contribution in [1.82, 2.24) is 4.90 Å². The van der Waals surface area contributed by atoms with E-state index in [0.717, 1.165) is 0 Å². The van der Waals surface area contributed by atoms with E-state index in [2.05, 4.69) is 0 Å². The van der Waals surface area contributed by atoms with Crippen LogP contribution in [0.15, 0.2) is 0 Å². The number of aliphatic hydroxyl groups excluding tert-OH is 1. The lowest BCUT2D eigenvalue weighted by Gasteiger charge is -2.20. The number of rotatable bonds is 0. The molecule has 1 saturated heterocycles. The lowest BCUT2D eigenvalue weighted by Crippen LogP contribution is -3.10. The van der Waals surface area contributed by atoms with E-state index in [1.54, 1.807) is 11.9 Å². The highest BCUT2D eigenvalue weighted by molar-refractivity contribution is 4.52. The summed E-state index contributed by atoms with van der Waals surface area (Å²) in [6, 6.07) is 0. The fourth-order valence-electron chi connectivity index (χ4n) is 0.784. The first-order valence-electron chi connectivity index (χ1n) is 2.63. The summed E-state index contributed by atoms with van der Waals surface area (Å²) in [7, 11) is 1.73. The molecule has 0 bridgehead atoms. The van der Waals surface area contributed by atoms with Crippen LogP contribution in [0.1, 0.15) is 0 Å². The van der Waals surface area contributed by atoms with Gasteiger partial charge in [-0.1, -0.05) is 0 Å². The van der Waals surface area contributed by atoms with Gasteiger partial charge in [0.1, 0.15) is 0 Å². The van der Waals surface area contributed by atoms with Crippen molar-refractivity contribution in [2.45, 2.75) is 6.35 Å². The first kappa shape index (κ1) is 5.97. The highest BCUT2D eigenvalue weighted by atomic mass is 16.5. The second kappa shape index (κ2) is 1.99. The standard InChI is InChI=1S/C4H10N2O2/c1-5-2-3-6(8)4(5)7/h4,6-7H,2-3H2,1H3. The highest BCUT2D eigenvalue weighted by Gasteiger charge is 2.24. The van der Waals surface area contributed by atoms with E-state index < -0.39 is 6.35 Å². The van der Waals surface area contributed by atoms with Crippen LogP contribution in [-0.4, -0.2) is 36.5 Å². The molecule has 2 N–H and O–H groups in total. The Morgan fingerprint density at radius 2 is 2.50 bits per heavy atom. The Morgan fingerprint density at radius 1 is 1.88 bits per heavy atom. The SMILES string of the molecule is CN1CC[NH+]([O-])C1O. The van der Waals surface area contributed by atoms with Crippen LogP contribution in [0.3, 0.4) is 0 Å². The van der Waals surface area contributed by atoms with E-state index in [1.807, 2.05) is 0 Å². The number of hydrogen-bond acceptors (Lipinski definition) is 3. The number of nitrogens with one attached hydrogen (secondary N) is 1. The van der Waals surface area contributed by atoms with Crippen LogP contribution in [0.25, 0.3) is 0 Å². The minimum atomic E-state index is -0.824. The summed E-state index contributed by atoms with van der Waals surface area (Å²) in [5.74, 6) is 0. The first-order chi connectivity index (χ1) is 3.72. The fraction of sp³-hybridized carbons (Fsp3) is 1.00. The summed E-state index contributed by atoms with van der Waals surface area (Å²) in [5.41, 5.74) is 0. The largest absolute Gasteiger partial charge is 0.631 e. The van der Waals surface area contributed by atoms with Crippen LogP contribution >= 0.6 is 0 Å². The van der Waals surface area contributed by atoms with E-state index in [9.17, 15) is 5.21 Å². The third-order valence-corrected chi connectivity index (χ3v) is 1.42. The topological polar surface area (TPSA) is 51.0 Å². The van der Waals surface area contributed by atoms with E-state index in [1.165, 1.54) is 0 Å². The van der Waals surface area contributed by atoms with Gasteiger partial charge < -0.3 is 15.4 Å². The van der Waals surface area contributed by atoms with Crippen molar-refractivity contribution in [3.05, 3.63) is 5.21 Å². The molecule has 1 aliphatic rings. The summed E-state index contributed by atoms with van der Waals surface area (Å²) in [5, 5.41) is 19.3. The van der Waals surface area contributed by atoms with Crippen molar-refractivity contribution in [3.8, 4) is 0 Å². The molecule has 0 aliphatic carbocycles. The molecule has 0 spiro atoms. The van der Waals surface area contributed by atoms with Crippen LogP contribution in [0, 0.1) is 5.21 Å². The summed E-state index contributed by atoms with van der Waals surface area (Å²) in [4.78, 5) is 1.63. The van der Waals surface area contributed by atoms with Crippen LogP contribution in [0.2, 0.25) is 0 Å². The van der Waals surface area contributed by atoms with E-state index in [0.29, 0.717) is 13.1 Å².